The highest BCUT2D eigenvalue weighted by Crippen LogP contribution is 2.04. The molecule has 0 spiro atoms. The van der Waals surface area contributed by atoms with E-state index in [0.29, 0.717) is 13.0 Å². The number of amides is 1. The maximum atomic E-state index is 11.3. The zero-order valence-corrected chi connectivity index (χ0v) is 10.0. The third-order valence-corrected chi connectivity index (χ3v) is 2.23. The Morgan fingerprint density at radius 1 is 1.44 bits per heavy atom. The molecule has 1 aromatic rings. The van der Waals surface area contributed by atoms with Crippen molar-refractivity contribution in [2.24, 2.45) is 0 Å². The quantitative estimate of drug-likeness (QED) is 0.805. The van der Waals surface area contributed by atoms with Crippen LogP contribution in [-0.2, 0) is 11.2 Å². The average molecular weight is 222 g/mol. The lowest BCUT2D eigenvalue weighted by Crippen LogP contribution is -2.24. The predicted octanol–water partition coefficient (Wildman–Crippen LogP) is 0.929. The van der Waals surface area contributed by atoms with Crippen molar-refractivity contribution in [1.82, 2.24) is 14.9 Å². The molecule has 0 unspecified atom stereocenters. The van der Waals surface area contributed by atoms with Crippen molar-refractivity contribution in [3.8, 4) is 0 Å². The van der Waals surface area contributed by atoms with Crippen LogP contribution in [0.4, 0.5) is 5.82 Å². The molecule has 1 N–H and O–H groups in total. The normalized spacial score (nSPS) is 9.94. The Morgan fingerprint density at radius 2 is 2.19 bits per heavy atom. The van der Waals surface area contributed by atoms with E-state index in [4.69, 9.17) is 0 Å². The molecule has 1 aromatic heterocycles. The Balaban J connectivity index is 2.40. The highest BCUT2D eigenvalue weighted by molar-refractivity contribution is 5.76. The molecule has 1 rings (SSSR count). The van der Waals surface area contributed by atoms with Crippen LogP contribution in [0, 0.1) is 0 Å². The first kappa shape index (κ1) is 12.4. The molecule has 0 radical (unpaired) electrons. The highest BCUT2D eigenvalue weighted by Gasteiger charge is 2.03. The van der Waals surface area contributed by atoms with Crippen LogP contribution in [0.2, 0.25) is 0 Å². The first-order valence-electron chi connectivity index (χ1n) is 5.38. The van der Waals surface area contributed by atoms with Gasteiger partial charge in [0, 0.05) is 38.8 Å². The highest BCUT2D eigenvalue weighted by atomic mass is 16.2. The molecule has 5 heteroatoms. The van der Waals surface area contributed by atoms with Crippen LogP contribution in [0.25, 0.3) is 0 Å². The number of anilines is 1. The van der Waals surface area contributed by atoms with Crippen molar-refractivity contribution in [2.75, 3.05) is 26.0 Å². The Morgan fingerprint density at radius 3 is 2.81 bits per heavy atom. The van der Waals surface area contributed by atoms with Crippen LogP contribution < -0.4 is 5.32 Å². The monoisotopic (exact) mass is 222 g/mol. The van der Waals surface area contributed by atoms with Crippen molar-refractivity contribution in [2.45, 2.75) is 19.8 Å². The number of aryl methyl sites for hydroxylation is 1. The molecular formula is C11H18N4O. The summed E-state index contributed by atoms with van der Waals surface area (Å²) in [5.41, 5.74) is 0.997. The van der Waals surface area contributed by atoms with Crippen LogP contribution in [0.15, 0.2) is 12.4 Å². The van der Waals surface area contributed by atoms with E-state index in [-0.39, 0.29) is 5.91 Å². The van der Waals surface area contributed by atoms with Gasteiger partial charge in [-0.2, -0.15) is 0 Å². The number of aromatic nitrogens is 2. The van der Waals surface area contributed by atoms with Gasteiger partial charge < -0.3 is 10.2 Å². The van der Waals surface area contributed by atoms with Gasteiger partial charge in [0.15, 0.2) is 0 Å². The van der Waals surface area contributed by atoms with Gasteiger partial charge in [-0.25, -0.2) is 9.97 Å². The Labute approximate surface area is 95.9 Å². The number of nitrogens with one attached hydrogen (secondary N) is 1. The summed E-state index contributed by atoms with van der Waals surface area (Å²) < 4.78 is 0. The molecule has 0 saturated carbocycles. The lowest BCUT2D eigenvalue weighted by atomic mass is 10.3. The van der Waals surface area contributed by atoms with Gasteiger partial charge in [0.25, 0.3) is 0 Å². The van der Waals surface area contributed by atoms with Gasteiger partial charge in [0.1, 0.15) is 12.1 Å². The lowest BCUT2D eigenvalue weighted by molar-refractivity contribution is -0.128. The maximum absolute atomic E-state index is 11.3. The van der Waals surface area contributed by atoms with Crippen molar-refractivity contribution in [3.05, 3.63) is 18.1 Å². The van der Waals surface area contributed by atoms with Crippen LogP contribution in [-0.4, -0.2) is 41.4 Å². The second-order valence-corrected chi connectivity index (χ2v) is 3.71. The van der Waals surface area contributed by atoms with E-state index in [1.807, 2.05) is 13.0 Å². The topological polar surface area (TPSA) is 58.1 Å². The third-order valence-electron chi connectivity index (χ3n) is 2.23. The third kappa shape index (κ3) is 3.84. The fourth-order valence-corrected chi connectivity index (χ4v) is 1.21. The lowest BCUT2D eigenvalue weighted by Gasteiger charge is -2.10. The largest absolute Gasteiger partial charge is 0.369 e. The van der Waals surface area contributed by atoms with Gasteiger partial charge in [-0.15, -0.1) is 0 Å². The van der Waals surface area contributed by atoms with Gasteiger partial charge in [0.2, 0.25) is 5.91 Å². The van der Waals surface area contributed by atoms with Gasteiger partial charge in [0.05, 0.1) is 0 Å². The summed E-state index contributed by atoms with van der Waals surface area (Å²) in [5, 5.41) is 3.11. The minimum atomic E-state index is 0.109. The number of hydrogen-bond donors (Lipinski definition) is 1. The molecule has 1 amide bonds. The predicted molar refractivity (Wildman–Crippen MR) is 63.2 cm³/mol. The molecule has 0 fully saturated rings. The molecule has 0 aliphatic heterocycles. The van der Waals surface area contributed by atoms with Crippen molar-refractivity contribution in [3.63, 3.8) is 0 Å². The Bertz CT molecular complexity index is 352. The molecule has 0 aliphatic rings. The maximum Gasteiger partial charge on any atom is 0.223 e. The summed E-state index contributed by atoms with van der Waals surface area (Å²) in [5.74, 6) is 0.885. The van der Waals surface area contributed by atoms with Gasteiger partial charge >= 0.3 is 0 Å². The second kappa shape index (κ2) is 6.05. The molecule has 1 heterocycles. The van der Waals surface area contributed by atoms with E-state index in [0.717, 1.165) is 17.9 Å². The number of nitrogens with zero attached hydrogens (tertiary/aromatic N) is 3. The van der Waals surface area contributed by atoms with Crippen molar-refractivity contribution in [1.29, 1.82) is 0 Å². The summed E-state index contributed by atoms with van der Waals surface area (Å²) in [6, 6.07) is 1.90. The fourth-order valence-electron chi connectivity index (χ4n) is 1.21. The van der Waals surface area contributed by atoms with E-state index in [2.05, 4.69) is 15.3 Å². The standard InChI is InChI=1S/C11H18N4O/c1-4-9-7-10(14-8-13-9)12-6-5-11(16)15(2)3/h7-8H,4-6H2,1-3H3,(H,12,13,14). The van der Waals surface area contributed by atoms with Crippen LogP contribution in [0.5, 0.6) is 0 Å². The molecule has 0 saturated heterocycles. The molecule has 5 nitrogen and oxygen atoms in total. The SMILES string of the molecule is CCc1cc(NCCC(=O)N(C)C)ncn1. The summed E-state index contributed by atoms with van der Waals surface area (Å²) >= 11 is 0. The Kier molecular flexibility index (Phi) is 4.69. The average Bonchev–Trinajstić information content (AvgIpc) is 2.29. The summed E-state index contributed by atoms with van der Waals surface area (Å²) in [7, 11) is 3.50. The first-order chi connectivity index (χ1) is 7.63. The van der Waals surface area contributed by atoms with Gasteiger partial charge in [-0.05, 0) is 6.42 Å². The van der Waals surface area contributed by atoms with E-state index in [1.165, 1.54) is 6.33 Å². The second-order valence-electron chi connectivity index (χ2n) is 3.71. The van der Waals surface area contributed by atoms with E-state index in [1.54, 1.807) is 19.0 Å². The zero-order chi connectivity index (χ0) is 12.0. The number of hydrogen-bond acceptors (Lipinski definition) is 4. The van der Waals surface area contributed by atoms with Crippen molar-refractivity contribution >= 4 is 11.7 Å². The van der Waals surface area contributed by atoms with Crippen LogP contribution in [0.1, 0.15) is 19.0 Å². The van der Waals surface area contributed by atoms with E-state index in [9.17, 15) is 4.79 Å². The molecule has 0 bridgehead atoms. The molecule has 16 heavy (non-hydrogen) atoms. The molecule has 0 aromatic carbocycles. The van der Waals surface area contributed by atoms with Crippen LogP contribution >= 0.6 is 0 Å². The molecule has 0 atom stereocenters. The minimum absolute atomic E-state index is 0.109. The van der Waals surface area contributed by atoms with E-state index < -0.39 is 0 Å². The molecule has 88 valence electrons. The Hall–Kier alpha value is -1.65. The zero-order valence-electron chi connectivity index (χ0n) is 10.0. The number of rotatable bonds is 5. The van der Waals surface area contributed by atoms with Crippen LogP contribution in [0.3, 0.4) is 0 Å². The molecule has 0 aliphatic carbocycles. The fraction of sp³-hybridized carbons (Fsp3) is 0.545. The first-order valence-corrected chi connectivity index (χ1v) is 5.38. The van der Waals surface area contributed by atoms with Gasteiger partial charge in [-0.3, -0.25) is 4.79 Å². The summed E-state index contributed by atoms with van der Waals surface area (Å²) in [6.07, 6.45) is 2.89. The number of carbonyl (C=O) groups excluding carboxylic acids is 1. The smallest absolute Gasteiger partial charge is 0.223 e. The van der Waals surface area contributed by atoms with Gasteiger partial charge in [-0.1, -0.05) is 6.92 Å². The summed E-state index contributed by atoms with van der Waals surface area (Å²) in [4.78, 5) is 21.1. The van der Waals surface area contributed by atoms with Crippen molar-refractivity contribution < 1.29 is 4.79 Å². The number of carbonyl (C=O) groups is 1. The summed E-state index contributed by atoms with van der Waals surface area (Å²) in [6.45, 7) is 2.64. The van der Waals surface area contributed by atoms with E-state index >= 15 is 0 Å². The minimum Gasteiger partial charge on any atom is -0.369 e. The molecular weight excluding hydrogens is 204 g/mol.